The summed E-state index contributed by atoms with van der Waals surface area (Å²) in [5, 5.41) is 0.471. The van der Waals surface area contributed by atoms with Gasteiger partial charge >= 0.3 is 0 Å². The third-order valence-electron chi connectivity index (χ3n) is 4.88. The van der Waals surface area contributed by atoms with Crippen LogP contribution in [0.2, 0.25) is 5.02 Å². The number of nitrogens with two attached hydrogens (primary N) is 1. The number of anilines is 1. The number of hydrogen-bond acceptors (Lipinski definition) is 4. The summed E-state index contributed by atoms with van der Waals surface area (Å²) in [6.45, 7) is 2.34. The van der Waals surface area contributed by atoms with Crippen molar-refractivity contribution in [1.82, 2.24) is 4.98 Å². The average molecular weight is 384 g/mol. The van der Waals surface area contributed by atoms with Crippen molar-refractivity contribution in [2.24, 2.45) is 11.7 Å². The summed E-state index contributed by atoms with van der Waals surface area (Å²) < 4.78 is 5.87. The molecule has 1 aromatic heterocycles. The quantitative estimate of drug-likeness (QED) is 0.746. The molecule has 3 aromatic rings. The SMILES string of the molecule is CCc1ccc2oc(-c3cc(N4C[C@@H](C(N)=O)CC4=O)ccc3Cl)nc2c1. The Morgan fingerprint density at radius 2 is 2.15 bits per heavy atom. The predicted molar refractivity (Wildman–Crippen MR) is 103 cm³/mol. The lowest BCUT2D eigenvalue weighted by Crippen LogP contribution is -2.28. The molecule has 0 unspecified atom stereocenters. The van der Waals surface area contributed by atoms with Gasteiger partial charge in [0.05, 0.1) is 16.5 Å². The second-order valence-corrected chi connectivity index (χ2v) is 7.05. The molecule has 1 aliphatic rings. The molecule has 0 aliphatic carbocycles. The molecule has 2 aromatic carbocycles. The fourth-order valence-electron chi connectivity index (χ4n) is 3.30. The Hall–Kier alpha value is -2.86. The Labute approximate surface area is 160 Å². The molecule has 2 amide bonds. The zero-order valence-corrected chi connectivity index (χ0v) is 15.5. The molecule has 4 rings (SSSR count). The number of oxazole rings is 1. The molecule has 1 aliphatic heterocycles. The van der Waals surface area contributed by atoms with Crippen LogP contribution in [0.4, 0.5) is 5.69 Å². The molecule has 1 saturated heterocycles. The standard InChI is InChI=1S/C20H18ClN3O3/c1-2-11-3-6-17-16(7-11)23-20(27-17)14-9-13(4-5-15(14)21)24-10-12(19(22)26)8-18(24)25/h3-7,9,12H,2,8,10H2,1H3,(H2,22,26)/t12-/m0/s1. The third kappa shape index (κ3) is 3.17. The molecule has 2 heterocycles. The number of carbonyl (C=O) groups excluding carboxylic acids is 2. The van der Waals surface area contributed by atoms with Gasteiger partial charge < -0.3 is 15.1 Å². The summed E-state index contributed by atoms with van der Waals surface area (Å²) in [4.78, 5) is 29.8. The Bertz CT molecular complexity index is 1060. The van der Waals surface area contributed by atoms with Gasteiger partial charge in [0, 0.05) is 18.7 Å². The highest BCUT2D eigenvalue weighted by Crippen LogP contribution is 2.35. The van der Waals surface area contributed by atoms with Crippen molar-refractivity contribution in [3.63, 3.8) is 0 Å². The first-order valence-electron chi connectivity index (χ1n) is 8.75. The van der Waals surface area contributed by atoms with Gasteiger partial charge in [0.25, 0.3) is 0 Å². The van der Waals surface area contributed by atoms with Gasteiger partial charge in [-0.15, -0.1) is 0 Å². The number of halogens is 1. The minimum atomic E-state index is -0.478. The van der Waals surface area contributed by atoms with Crippen LogP contribution in [0.3, 0.4) is 0 Å². The maximum atomic E-state index is 12.3. The van der Waals surface area contributed by atoms with Crippen molar-refractivity contribution in [1.29, 1.82) is 0 Å². The van der Waals surface area contributed by atoms with Crippen LogP contribution in [0.5, 0.6) is 0 Å². The molecular formula is C20H18ClN3O3. The first kappa shape index (κ1) is 17.5. The van der Waals surface area contributed by atoms with E-state index in [4.69, 9.17) is 21.8 Å². The smallest absolute Gasteiger partial charge is 0.228 e. The number of amides is 2. The van der Waals surface area contributed by atoms with Crippen LogP contribution in [0.15, 0.2) is 40.8 Å². The number of hydrogen-bond donors (Lipinski definition) is 1. The van der Waals surface area contributed by atoms with Gasteiger partial charge in [-0.1, -0.05) is 24.6 Å². The lowest BCUT2D eigenvalue weighted by molar-refractivity contribution is -0.123. The zero-order valence-electron chi connectivity index (χ0n) is 14.7. The van der Waals surface area contributed by atoms with Gasteiger partial charge in [0.2, 0.25) is 17.7 Å². The van der Waals surface area contributed by atoms with Gasteiger partial charge in [-0.25, -0.2) is 4.98 Å². The molecule has 1 fully saturated rings. The topological polar surface area (TPSA) is 89.4 Å². The number of benzene rings is 2. The molecule has 7 heteroatoms. The lowest BCUT2D eigenvalue weighted by atomic mass is 10.1. The molecule has 2 N–H and O–H groups in total. The second-order valence-electron chi connectivity index (χ2n) is 6.65. The zero-order chi connectivity index (χ0) is 19.1. The van der Waals surface area contributed by atoms with Crippen LogP contribution in [-0.4, -0.2) is 23.3 Å². The van der Waals surface area contributed by atoms with Crippen molar-refractivity contribution in [3.8, 4) is 11.5 Å². The highest BCUT2D eigenvalue weighted by atomic mass is 35.5. The van der Waals surface area contributed by atoms with Gasteiger partial charge in [-0.05, 0) is 42.3 Å². The van der Waals surface area contributed by atoms with Crippen LogP contribution in [0.25, 0.3) is 22.6 Å². The van der Waals surface area contributed by atoms with Crippen LogP contribution in [-0.2, 0) is 16.0 Å². The lowest BCUT2D eigenvalue weighted by Gasteiger charge is -2.17. The molecule has 1 atom stereocenters. The Morgan fingerprint density at radius 3 is 2.85 bits per heavy atom. The number of fused-ring (bicyclic) bond motifs is 1. The second kappa shape index (κ2) is 6.70. The molecule has 138 valence electrons. The number of rotatable bonds is 4. The van der Waals surface area contributed by atoms with E-state index in [0.29, 0.717) is 27.7 Å². The van der Waals surface area contributed by atoms with E-state index < -0.39 is 11.8 Å². The van der Waals surface area contributed by atoms with E-state index in [0.717, 1.165) is 11.9 Å². The summed E-state index contributed by atoms with van der Waals surface area (Å²) in [6.07, 6.45) is 1.03. The maximum absolute atomic E-state index is 12.3. The van der Waals surface area contributed by atoms with Gasteiger partial charge in [-0.3, -0.25) is 9.59 Å². The minimum absolute atomic E-state index is 0.121. The van der Waals surface area contributed by atoms with Crippen LogP contribution in [0, 0.1) is 5.92 Å². The molecule has 0 saturated carbocycles. The number of carbonyl (C=O) groups is 2. The predicted octanol–water partition coefficient (Wildman–Crippen LogP) is 3.55. The first-order chi connectivity index (χ1) is 13.0. The fraction of sp³-hybridized carbons (Fsp3) is 0.250. The summed E-state index contributed by atoms with van der Waals surface area (Å²) in [5.74, 6) is -0.695. The number of aryl methyl sites for hydroxylation is 1. The highest BCUT2D eigenvalue weighted by Gasteiger charge is 2.34. The maximum Gasteiger partial charge on any atom is 0.228 e. The van der Waals surface area contributed by atoms with Crippen LogP contribution in [0.1, 0.15) is 18.9 Å². The normalized spacial score (nSPS) is 17.0. The van der Waals surface area contributed by atoms with Crippen LogP contribution >= 0.6 is 11.6 Å². The van der Waals surface area contributed by atoms with Gasteiger partial charge in [0.15, 0.2) is 5.58 Å². The van der Waals surface area contributed by atoms with Crippen molar-refractivity contribution < 1.29 is 14.0 Å². The monoisotopic (exact) mass is 383 g/mol. The third-order valence-corrected chi connectivity index (χ3v) is 5.21. The number of primary amides is 1. The minimum Gasteiger partial charge on any atom is -0.436 e. The summed E-state index contributed by atoms with van der Waals surface area (Å²) in [5.41, 5.74) is 9.19. The summed E-state index contributed by atoms with van der Waals surface area (Å²) in [6, 6.07) is 11.1. The molecule has 0 radical (unpaired) electrons. The highest BCUT2D eigenvalue weighted by molar-refractivity contribution is 6.33. The molecule has 27 heavy (non-hydrogen) atoms. The first-order valence-corrected chi connectivity index (χ1v) is 9.13. The van der Waals surface area contributed by atoms with E-state index in [-0.39, 0.29) is 18.9 Å². The molecule has 6 nitrogen and oxygen atoms in total. The van der Waals surface area contributed by atoms with E-state index in [9.17, 15) is 9.59 Å². The van der Waals surface area contributed by atoms with E-state index in [2.05, 4.69) is 11.9 Å². The van der Waals surface area contributed by atoms with Gasteiger partial charge in [0.1, 0.15) is 5.52 Å². The Morgan fingerprint density at radius 1 is 1.33 bits per heavy atom. The largest absolute Gasteiger partial charge is 0.436 e. The fourth-order valence-corrected chi connectivity index (χ4v) is 3.50. The van der Waals surface area contributed by atoms with Crippen molar-refractivity contribution >= 4 is 40.2 Å². The number of nitrogens with zero attached hydrogens (tertiary/aromatic N) is 2. The van der Waals surface area contributed by atoms with Gasteiger partial charge in [-0.2, -0.15) is 0 Å². The Balaban J connectivity index is 1.73. The Kier molecular flexibility index (Phi) is 4.36. The van der Waals surface area contributed by atoms with E-state index in [1.807, 2.05) is 18.2 Å². The summed E-state index contributed by atoms with van der Waals surface area (Å²) in [7, 11) is 0. The van der Waals surface area contributed by atoms with Crippen molar-refractivity contribution in [2.45, 2.75) is 19.8 Å². The molecule has 0 bridgehead atoms. The van der Waals surface area contributed by atoms with Crippen LogP contribution < -0.4 is 10.6 Å². The van der Waals surface area contributed by atoms with Crippen molar-refractivity contribution in [2.75, 3.05) is 11.4 Å². The van der Waals surface area contributed by atoms with E-state index >= 15 is 0 Å². The number of aromatic nitrogens is 1. The molecular weight excluding hydrogens is 366 g/mol. The average Bonchev–Trinajstić information content (AvgIpc) is 3.25. The van der Waals surface area contributed by atoms with Crippen molar-refractivity contribution in [3.05, 3.63) is 47.0 Å². The molecule has 0 spiro atoms. The van der Waals surface area contributed by atoms with E-state index in [1.54, 1.807) is 23.1 Å². The van der Waals surface area contributed by atoms with E-state index in [1.165, 1.54) is 5.56 Å². The summed E-state index contributed by atoms with van der Waals surface area (Å²) >= 11 is 6.36.